The van der Waals surface area contributed by atoms with Crippen LogP contribution in [-0.2, 0) is 13.1 Å². The van der Waals surface area contributed by atoms with Gasteiger partial charge in [-0.1, -0.05) is 55.1 Å². The summed E-state index contributed by atoms with van der Waals surface area (Å²) in [6.07, 6.45) is 5.97. The Kier molecular flexibility index (Phi) is 8.81. The molecule has 0 amide bonds. The van der Waals surface area contributed by atoms with Gasteiger partial charge >= 0.3 is 0 Å². The molecule has 1 atom stereocenters. The summed E-state index contributed by atoms with van der Waals surface area (Å²) in [7, 11) is 2.12. The maximum Gasteiger partial charge on any atom is 0.119 e. The minimum atomic E-state index is -0.480. The SMILES string of the molecule is CN(CC(O)COc1cccc(CNCc2cccc(Cl)c2)c1)C1CCCCC1. The average molecular weight is 417 g/mol. The van der Waals surface area contributed by atoms with E-state index >= 15 is 0 Å². The number of ether oxygens (including phenoxy) is 1. The van der Waals surface area contributed by atoms with Gasteiger partial charge in [-0.2, -0.15) is 0 Å². The highest BCUT2D eigenvalue weighted by Gasteiger charge is 2.20. The molecule has 2 aromatic rings. The smallest absolute Gasteiger partial charge is 0.119 e. The Morgan fingerprint density at radius 2 is 1.76 bits per heavy atom. The van der Waals surface area contributed by atoms with Gasteiger partial charge in [0.2, 0.25) is 0 Å². The van der Waals surface area contributed by atoms with Gasteiger partial charge in [0.05, 0.1) is 0 Å². The molecule has 2 N–H and O–H groups in total. The number of nitrogens with one attached hydrogen (secondary N) is 1. The topological polar surface area (TPSA) is 44.7 Å². The number of rotatable bonds is 10. The first-order valence-corrected chi connectivity index (χ1v) is 11.0. The predicted octanol–water partition coefficient (Wildman–Crippen LogP) is 4.63. The molecule has 5 heteroatoms. The number of halogens is 1. The Bertz CT molecular complexity index is 749. The van der Waals surface area contributed by atoms with Crippen molar-refractivity contribution in [3.63, 3.8) is 0 Å². The molecule has 1 aliphatic rings. The Labute approximate surface area is 179 Å². The molecule has 1 fully saturated rings. The Morgan fingerprint density at radius 3 is 2.48 bits per heavy atom. The van der Waals surface area contributed by atoms with Crippen LogP contribution in [0.15, 0.2) is 48.5 Å². The fourth-order valence-electron chi connectivity index (χ4n) is 3.99. The van der Waals surface area contributed by atoms with E-state index in [4.69, 9.17) is 16.3 Å². The highest BCUT2D eigenvalue weighted by atomic mass is 35.5. The molecule has 1 aliphatic carbocycles. The molecule has 0 bridgehead atoms. The van der Waals surface area contributed by atoms with Crippen molar-refractivity contribution in [2.45, 2.75) is 57.3 Å². The van der Waals surface area contributed by atoms with E-state index in [1.54, 1.807) is 0 Å². The van der Waals surface area contributed by atoms with Crippen molar-refractivity contribution >= 4 is 11.6 Å². The quantitative estimate of drug-likeness (QED) is 0.592. The van der Waals surface area contributed by atoms with Crippen molar-refractivity contribution in [3.8, 4) is 5.75 Å². The zero-order valence-corrected chi connectivity index (χ0v) is 18.1. The first-order chi connectivity index (χ1) is 14.1. The molecule has 0 radical (unpaired) electrons. The van der Waals surface area contributed by atoms with Gasteiger partial charge in [0, 0.05) is 30.7 Å². The first-order valence-electron chi connectivity index (χ1n) is 10.7. The number of benzene rings is 2. The summed E-state index contributed by atoms with van der Waals surface area (Å²) >= 11 is 6.03. The van der Waals surface area contributed by atoms with Crippen molar-refractivity contribution in [1.82, 2.24) is 10.2 Å². The summed E-state index contributed by atoms with van der Waals surface area (Å²) < 4.78 is 5.86. The van der Waals surface area contributed by atoms with Crippen LogP contribution in [0.1, 0.15) is 43.2 Å². The van der Waals surface area contributed by atoms with E-state index in [9.17, 15) is 5.11 Å². The van der Waals surface area contributed by atoms with Crippen LogP contribution in [0.25, 0.3) is 0 Å². The van der Waals surface area contributed by atoms with E-state index in [0.29, 0.717) is 19.2 Å². The number of nitrogens with zero attached hydrogens (tertiary/aromatic N) is 1. The maximum absolute atomic E-state index is 10.4. The van der Waals surface area contributed by atoms with E-state index in [-0.39, 0.29) is 0 Å². The van der Waals surface area contributed by atoms with Crippen LogP contribution in [0.3, 0.4) is 0 Å². The second-order valence-electron chi connectivity index (χ2n) is 8.08. The zero-order valence-electron chi connectivity index (χ0n) is 17.3. The van der Waals surface area contributed by atoms with Crippen LogP contribution in [-0.4, -0.2) is 42.4 Å². The number of hydrogen-bond acceptors (Lipinski definition) is 4. The van der Waals surface area contributed by atoms with Gasteiger partial charge in [0.1, 0.15) is 18.5 Å². The van der Waals surface area contributed by atoms with E-state index in [0.717, 1.165) is 35.0 Å². The van der Waals surface area contributed by atoms with Gasteiger partial charge in [-0.05, 0) is 55.3 Å². The number of aliphatic hydroxyl groups is 1. The van der Waals surface area contributed by atoms with Crippen LogP contribution in [0.5, 0.6) is 5.75 Å². The van der Waals surface area contributed by atoms with E-state index in [1.807, 2.05) is 36.4 Å². The fourth-order valence-corrected chi connectivity index (χ4v) is 4.20. The Hall–Kier alpha value is -1.59. The minimum absolute atomic E-state index is 0.316. The first kappa shape index (κ1) is 22.1. The zero-order chi connectivity index (χ0) is 20.5. The summed E-state index contributed by atoms with van der Waals surface area (Å²) in [4.78, 5) is 2.30. The van der Waals surface area contributed by atoms with Crippen molar-refractivity contribution in [1.29, 1.82) is 0 Å². The molecule has 0 heterocycles. The summed E-state index contributed by atoms with van der Waals surface area (Å²) in [5.74, 6) is 0.798. The third kappa shape index (κ3) is 7.63. The number of hydrogen-bond donors (Lipinski definition) is 2. The van der Waals surface area contributed by atoms with Gasteiger partial charge in [-0.15, -0.1) is 0 Å². The van der Waals surface area contributed by atoms with Crippen LogP contribution in [0.2, 0.25) is 5.02 Å². The van der Waals surface area contributed by atoms with Crippen molar-refractivity contribution in [2.75, 3.05) is 20.2 Å². The molecule has 0 aromatic heterocycles. The fraction of sp³-hybridized carbons (Fsp3) is 0.500. The third-order valence-electron chi connectivity index (χ3n) is 5.58. The van der Waals surface area contributed by atoms with Crippen LogP contribution >= 0.6 is 11.6 Å². The van der Waals surface area contributed by atoms with Gasteiger partial charge in [-0.25, -0.2) is 0 Å². The van der Waals surface area contributed by atoms with Crippen molar-refractivity contribution in [2.24, 2.45) is 0 Å². The molecular formula is C24H33ClN2O2. The lowest BCUT2D eigenvalue weighted by atomic mass is 9.94. The van der Waals surface area contributed by atoms with Gasteiger partial charge in [0.25, 0.3) is 0 Å². The molecular weight excluding hydrogens is 384 g/mol. The van der Waals surface area contributed by atoms with Crippen molar-refractivity contribution in [3.05, 3.63) is 64.7 Å². The maximum atomic E-state index is 10.4. The van der Waals surface area contributed by atoms with Crippen LogP contribution in [0, 0.1) is 0 Å². The van der Waals surface area contributed by atoms with Crippen molar-refractivity contribution < 1.29 is 9.84 Å². The molecule has 0 saturated heterocycles. The highest BCUT2D eigenvalue weighted by molar-refractivity contribution is 6.30. The molecule has 0 aliphatic heterocycles. The summed E-state index contributed by atoms with van der Waals surface area (Å²) in [6.45, 7) is 2.48. The lowest BCUT2D eigenvalue weighted by Crippen LogP contribution is -2.40. The molecule has 1 saturated carbocycles. The Balaban J connectivity index is 1.40. The Morgan fingerprint density at radius 1 is 1.07 bits per heavy atom. The van der Waals surface area contributed by atoms with Crippen LogP contribution in [0.4, 0.5) is 0 Å². The van der Waals surface area contributed by atoms with Gasteiger partial charge in [0.15, 0.2) is 0 Å². The van der Waals surface area contributed by atoms with E-state index in [2.05, 4.69) is 29.4 Å². The highest BCUT2D eigenvalue weighted by Crippen LogP contribution is 2.22. The number of aliphatic hydroxyl groups excluding tert-OH is 1. The van der Waals surface area contributed by atoms with Gasteiger partial charge in [-0.3, -0.25) is 0 Å². The van der Waals surface area contributed by atoms with Crippen LogP contribution < -0.4 is 10.1 Å². The van der Waals surface area contributed by atoms with Gasteiger partial charge < -0.3 is 20.1 Å². The largest absolute Gasteiger partial charge is 0.491 e. The van der Waals surface area contributed by atoms with E-state index < -0.39 is 6.10 Å². The monoisotopic (exact) mass is 416 g/mol. The summed E-state index contributed by atoms with van der Waals surface area (Å²) in [5, 5.41) is 14.6. The molecule has 3 rings (SSSR count). The van der Waals surface area contributed by atoms with E-state index in [1.165, 1.54) is 32.1 Å². The third-order valence-corrected chi connectivity index (χ3v) is 5.82. The molecule has 158 valence electrons. The number of likely N-dealkylation sites (N-methyl/N-ethyl adjacent to an activating group) is 1. The second-order valence-corrected chi connectivity index (χ2v) is 8.51. The summed E-state index contributed by atoms with van der Waals surface area (Å²) in [5.41, 5.74) is 2.31. The molecule has 29 heavy (non-hydrogen) atoms. The average Bonchev–Trinajstić information content (AvgIpc) is 2.73. The molecule has 1 unspecified atom stereocenters. The lowest BCUT2D eigenvalue weighted by molar-refractivity contribution is 0.0561. The lowest BCUT2D eigenvalue weighted by Gasteiger charge is -2.32. The molecule has 0 spiro atoms. The summed E-state index contributed by atoms with van der Waals surface area (Å²) in [6, 6.07) is 16.5. The molecule has 2 aromatic carbocycles. The second kappa shape index (κ2) is 11.6. The standard InChI is InChI=1S/C24H33ClN2O2/c1-27(22-10-3-2-4-11-22)17-23(28)18-29-24-12-6-8-20(14-24)16-26-15-19-7-5-9-21(25)13-19/h5-9,12-14,22-23,26,28H,2-4,10-11,15-18H2,1H3. The molecule has 4 nitrogen and oxygen atoms in total. The predicted molar refractivity (Wildman–Crippen MR) is 119 cm³/mol. The normalized spacial score (nSPS) is 16.1. The minimum Gasteiger partial charge on any atom is -0.491 e.